The van der Waals surface area contributed by atoms with Gasteiger partial charge in [-0.25, -0.2) is 4.39 Å². The molecule has 0 spiro atoms. The Morgan fingerprint density at radius 3 is 1.23 bits per heavy atom. The van der Waals surface area contributed by atoms with Crippen LogP contribution >= 0.6 is 0 Å². The van der Waals surface area contributed by atoms with Gasteiger partial charge in [0.2, 0.25) is 0 Å². The Labute approximate surface area is 186 Å². The van der Waals surface area contributed by atoms with Crippen LogP contribution in [0.5, 0.6) is 0 Å². The highest BCUT2D eigenvalue weighted by Gasteiger charge is 2.38. The van der Waals surface area contributed by atoms with Crippen LogP contribution in [0.3, 0.4) is 0 Å². The molecule has 4 rings (SSSR count). The van der Waals surface area contributed by atoms with Crippen LogP contribution in [-0.4, -0.2) is 8.07 Å². The molecule has 31 heavy (non-hydrogen) atoms. The van der Waals surface area contributed by atoms with Crippen molar-refractivity contribution in [1.29, 1.82) is 0 Å². The van der Waals surface area contributed by atoms with Gasteiger partial charge in [-0.2, -0.15) is 0 Å². The lowest BCUT2D eigenvalue weighted by Gasteiger charge is -2.34. The van der Waals surface area contributed by atoms with Gasteiger partial charge in [0.25, 0.3) is 0 Å². The summed E-state index contributed by atoms with van der Waals surface area (Å²) in [6, 6.07) is 35.4. The minimum absolute atomic E-state index is 0.178. The summed E-state index contributed by atoms with van der Waals surface area (Å²) in [5.41, 5.74) is 5.01. The highest BCUT2D eigenvalue weighted by atomic mass is 28.3. The summed E-state index contributed by atoms with van der Waals surface area (Å²) < 4.78 is 13.5. The van der Waals surface area contributed by atoms with Gasteiger partial charge in [-0.05, 0) is 66.5 Å². The van der Waals surface area contributed by atoms with E-state index in [0.29, 0.717) is 0 Å². The van der Waals surface area contributed by atoms with E-state index in [1.807, 2.05) is 12.1 Å². The fraction of sp³-hybridized carbons (Fsp3) is 0.172. The highest BCUT2D eigenvalue weighted by molar-refractivity contribution is 7.11. The Kier molecular flexibility index (Phi) is 6.19. The monoisotopic (exact) mass is 424 g/mol. The Balaban J connectivity index is 1.90. The first-order valence-corrected chi connectivity index (χ1v) is 13.1. The van der Waals surface area contributed by atoms with Crippen molar-refractivity contribution in [1.82, 2.24) is 0 Å². The van der Waals surface area contributed by atoms with Gasteiger partial charge in [0.15, 0.2) is 0 Å². The molecule has 0 fully saturated rings. The van der Waals surface area contributed by atoms with Crippen molar-refractivity contribution in [3.63, 3.8) is 0 Å². The van der Waals surface area contributed by atoms with E-state index in [0.717, 1.165) is 12.5 Å². The molecule has 4 aromatic carbocycles. The third-order valence-corrected chi connectivity index (χ3v) is 11.3. The molecule has 0 saturated carbocycles. The van der Waals surface area contributed by atoms with Crippen LogP contribution in [0.1, 0.15) is 22.3 Å². The van der Waals surface area contributed by atoms with E-state index in [2.05, 4.69) is 93.6 Å². The predicted molar refractivity (Wildman–Crippen MR) is 133 cm³/mol. The maximum Gasteiger partial charge on any atom is 0.148 e. The predicted octanol–water partition coefficient (Wildman–Crippen LogP) is 5.46. The van der Waals surface area contributed by atoms with Gasteiger partial charge in [-0.1, -0.05) is 102 Å². The van der Waals surface area contributed by atoms with Crippen LogP contribution in [0.15, 0.2) is 97.1 Å². The van der Waals surface area contributed by atoms with Crippen LogP contribution in [0.2, 0.25) is 6.04 Å². The summed E-state index contributed by atoms with van der Waals surface area (Å²) in [6.07, 6.45) is 0.919. The zero-order chi connectivity index (χ0) is 21.8. The summed E-state index contributed by atoms with van der Waals surface area (Å²) in [7, 11) is -2.28. The van der Waals surface area contributed by atoms with Crippen molar-refractivity contribution >= 4 is 23.6 Å². The molecule has 0 amide bonds. The molecular formula is C29H29FSi. The second-order valence-corrected chi connectivity index (χ2v) is 12.7. The molecule has 0 bridgehead atoms. The summed E-state index contributed by atoms with van der Waals surface area (Å²) in [6.45, 7) is 6.43. The Bertz CT molecular complexity index is 1010. The van der Waals surface area contributed by atoms with Gasteiger partial charge in [0, 0.05) is 0 Å². The fourth-order valence-electron chi connectivity index (χ4n) is 4.43. The lowest BCUT2D eigenvalue weighted by atomic mass is 10.2. The van der Waals surface area contributed by atoms with E-state index < -0.39 is 8.07 Å². The zero-order valence-corrected chi connectivity index (χ0v) is 19.5. The highest BCUT2D eigenvalue weighted by Crippen LogP contribution is 2.18. The number of aryl methyl sites for hydroxylation is 4. The number of benzene rings is 4. The van der Waals surface area contributed by atoms with Gasteiger partial charge < -0.3 is 0 Å². The summed E-state index contributed by atoms with van der Waals surface area (Å²) in [5, 5.41) is 4.27. The second-order valence-electron chi connectivity index (χ2n) is 8.63. The van der Waals surface area contributed by atoms with Crippen molar-refractivity contribution in [2.45, 2.75) is 33.2 Å². The molecule has 0 aliphatic carbocycles. The molecule has 0 aliphatic heterocycles. The van der Waals surface area contributed by atoms with E-state index in [9.17, 15) is 4.39 Å². The normalized spacial score (nSPS) is 11.5. The second kappa shape index (κ2) is 9.03. The fourth-order valence-corrected chi connectivity index (χ4v) is 9.17. The minimum atomic E-state index is -2.28. The van der Waals surface area contributed by atoms with E-state index in [1.54, 1.807) is 12.1 Å². The maximum absolute atomic E-state index is 13.5. The standard InChI is InChI=1S/C29H29FSi/c1-22-4-14-27(15-5-22)31(28-16-6-23(2)7-17-28,29-18-8-24(3)9-19-29)21-20-25-10-12-26(30)13-11-25/h4-19H,20-21H2,1-3H3. The van der Waals surface area contributed by atoms with Gasteiger partial charge in [-0.3, -0.25) is 0 Å². The maximum atomic E-state index is 13.5. The summed E-state index contributed by atoms with van der Waals surface area (Å²) in [5.74, 6) is -0.178. The van der Waals surface area contributed by atoms with Crippen molar-refractivity contribution in [3.8, 4) is 0 Å². The van der Waals surface area contributed by atoms with Crippen molar-refractivity contribution in [2.24, 2.45) is 0 Å². The molecule has 0 radical (unpaired) electrons. The zero-order valence-electron chi connectivity index (χ0n) is 18.5. The first-order chi connectivity index (χ1) is 15.0. The molecule has 0 nitrogen and oxygen atoms in total. The minimum Gasteiger partial charge on any atom is -0.207 e. The molecule has 4 aromatic rings. The Morgan fingerprint density at radius 1 is 0.516 bits per heavy atom. The number of rotatable bonds is 6. The van der Waals surface area contributed by atoms with Crippen molar-refractivity contribution in [3.05, 3.63) is 125 Å². The van der Waals surface area contributed by atoms with Gasteiger partial charge in [-0.15, -0.1) is 0 Å². The molecular weight excluding hydrogens is 395 g/mol. The Hall–Kier alpha value is -2.97. The van der Waals surface area contributed by atoms with Crippen LogP contribution in [0, 0.1) is 26.6 Å². The number of halogens is 1. The average Bonchev–Trinajstić information content (AvgIpc) is 2.78. The van der Waals surface area contributed by atoms with Gasteiger partial charge >= 0.3 is 0 Å². The SMILES string of the molecule is Cc1ccc([Si](CCc2ccc(F)cc2)(c2ccc(C)cc2)c2ccc(C)cc2)cc1. The third kappa shape index (κ3) is 4.55. The van der Waals surface area contributed by atoms with Crippen LogP contribution in [0.4, 0.5) is 4.39 Å². The van der Waals surface area contributed by atoms with E-state index in [-0.39, 0.29) is 5.82 Å². The van der Waals surface area contributed by atoms with Crippen molar-refractivity contribution in [2.75, 3.05) is 0 Å². The van der Waals surface area contributed by atoms with E-state index in [1.165, 1.54) is 37.8 Å². The van der Waals surface area contributed by atoms with E-state index >= 15 is 0 Å². The van der Waals surface area contributed by atoms with Crippen molar-refractivity contribution < 1.29 is 4.39 Å². The van der Waals surface area contributed by atoms with Crippen LogP contribution in [0.25, 0.3) is 0 Å². The smallest absolute Gasteiger partial charge is 0.148 e. The summed E-state index contributed by atoms with van der Waals surface area (Å²) in [4.78, 5) is 0. The van der Waals surface area contributed by atoms with Gasteiger partial charge in [0.1, 0.15) is 13.9 Å². The first-order valence-electron chi connectivity index (χ1n) is 10.9. The number of hydrogen-bond donors (Lipinski definition) is 0. The first kappa shape index (κ1) is 21.3. The molecule has 156 valence electrons. The molecule has 0 saturated heterocycles. The molecule has 0 unspecified atom stereocenters. The molecule has 2 heteroatoms. The molecule has 0 aliphatic rings. The summed E-state index contributed by atoms with van der Waals surface area (Å²) >= 11 is 0. The quantitative estimate of drug-likeness (QED) is 0.285. The third-order valence-electron chi connectivity index (χ3n) is 6.34. The topological polar surface area (TPSA) is 0 Å². The van der Waals surface area contributed by atoms with E-state index in [4.69, 9.17) is 0 Å². The molecule has 0 N–H and O–H groups in total. The molecule has 0 atom stereocenters. The molecule has 0 aromatic heterocycles. The largest absolute Gasteiger partial charge is 0.207 e. The lowest BCUT2D eigenvalue weighted by molar-refractivity contribution is 0.627. The van der Waals surface area contributed by atoms with Gasteiger partial charge in [0.05, 0.1) is 0 Å². The number of hydrogen-bond acceptors (Lipinski definition) is 0. The molecule has 0 heterocycles. The lowest BCUT2D eigenvalue weighted by Crippen LogP contribution is -2.67. The van der Waals surface area contributed by atoms with Crippen LogP contribution < -0.4 is 15.6 Å². The Morgan fingerprint density at radius 2 is 0.871 bits per heavy atom. The average molecular weight is 425 g/mol. The van der Waals surface area contributed by atoms with Crippen LogP contribution in [-0.2, 0) is 6.42 Å².